The lowest BCUT2D eigenvalue weighted by Crippen LogP contribution is -2.54. The average molecular weight is 309 g/mol. The van der Waals surface area contributed by atoms with Crippen LogP contribution in [0.1, 0.15) is 35.2 Å². The molecule has 0 saturated heterocycles. The smallest absolute Gasteiger partial charge is 0.350 e. The molecule has 0 radical (unpaired) electrons. The van der Waals surface area contributed by atoms with Gasteiger partial charge in [-0.2, -0.15) is 13.2 Å². The quantitative estimate of drug-likeness (QED) is 0.902. The van der Waals surface area contributed by atoms with Crippen molar-refractivity contribution in [2.75, 3.05) is 6.54 Å². The van der Waals surface area contributed by atoms with Gasteiger partial charge in [0.1, 0.15) is 0 Å². The zero-order chi connectivity index (χ0) is 14.1. The van der Waals surface area contributed by atoms with E-state index >= 15 is 0 Å². The summed E-state index contributed by atoms with van der Waals surface area (Å²) in [6.07, 6.45) is -1.62. The molecule has 1 fully saturated rings. The van der Waals surface area contributed by atoms with Crippen LogP contribution in [0.2, 0.25) is 0 Å². The normalized spacial score (nSPS) is 16.8. The molecule has 3 N–H and O–H groups in total. The summed E-state index contributed by atoms with van der Waals surface area (Å²) in [6.45, 7) is 0.354. The Morgan fingerprint density at radius 1 is 1.25 bits per heavy atom. The molecular formula is C13H16ClF3N2O. The van der Waals surface area contributed by atoms with Gasteiger partial charge in [-0.05, 0) is 43.5 Å². The lowest BCUT2D eigenvalue weighted by atomic mass is 9.78. The predicted molar refractivity (Wildman–Crippen MR) is 71.8 cm³/mol. The van der Waals surface area contributed by atoms with Gasteiger partial charge >= 0.3 is 6.18 Å². The van der Waals surface area contributed by atoms with E-state index in [2.05, 4.69) is 5.32 Å². The van der Waals surface area contributed by atoms with Crippen LogP contribution in [0.25, 0.3) is 0 Å². The molecule has 1 saturated carbocycles. The number of alkyl halides is 3. The molecule has 1 aromatic rings. The molecule has 1 aliphatic carbocycles. The maximum atomic E-state index is 12.4. The van der Waals surface area contributed by atoms with Crippen molar-refractivity contribution in [2.24, 2.45) is 5.73 Å². The van der Waals surface area contributed by atoms with Gasteiger partial charge in [-0.3, -0.25) is 4.79 Å². The minimum atomic E-state index is -4.39. The molecule has 1 aliphatic rings. The Hall–Kier alpha value is -1.27. The number of carbonyl (C=O) groups is 1. The maximum Gasteiger partial charge on any atom is 0.416 e. The van der Waals surface area contributed by atoms with Crippen LogP contribution in [0.3, 0.4) is 0 Å². The molecule has 0 aliphatic heterocycles. The van der Waals surface area contributed by atoms with Crippen LogP contribution in [0.15, 0.2) is 24.3 Å². The van der Waals surface area contributed by atoms with Gasteiger partial charge in [-0.25, -0.2) is 0 Å². The van der Waals surface area contributed by atoms with Crippen molar-refractivity contribution in [3.63, 3.8) is 0 Å². The highest BCUT2D eigenvalue weighted by Gasteiger charge is 2.33. The summed E-state index contributed by atoms with van der Waals surface area (Å²) in [6, 6.07) is 4.14. The number of benzene rings is 1. The molecule has 112 valence electrons. The van der Waals surface area contributed by atoms with E-state index in [9.17, 15) is 18.0 Å². The number of rotatable bonds is 3. The van der Waals surface area contributed by atoms with Gasteiger partial charge in [-0.15, -0.1) is 12.4 Å². The van der Waals surface area contributed by atoms with Crippen LogP contribution < -0.4 is 11.1 Å². The number of halogens is 4. The molecule has 0 aromatic heterocycles. The molecule has 0 atom stereocenters. The summed E-state index contributed by atoms with van der Waals surface area (Å²) in [5.74, 6) is -0.398. The van der Waals surface area contributed by atoms with E-state index < -0.39 is 17.6 Å². The highest BCUT2D eigenvalue weighted by atomic mass is 35.5. The second kappa shape index (κ2) is 6.01. The number of carbonyl (C=O) groups excluding carboxylic acids is 1. The van der Waals surface area contributed by atoms with Crippen molar-refractivity contribution in [3.8, 4) is 0 Å². The lowest BCUT2D eigenvalue weighted by molar-refractivity contribution is -0.137. The molecule has 1 amide bonds. The zero-order valence-corrected chi connectivity index (χ0v) is 11.5. The first-order valence-corrected chi connectivity index (χ1v) is 6.05. The zero-order valence-electron chi connectivity index (χ0n) is 10.7. The molecule has 2 rings (SSSR count). The highest BCUT2D eigenvalue weighted by molar-refractivity contribution is 5.94. The van der Waals surface area contributed by atoms with Gasteiger partial charge < -0.3 is 11.1 Å². The van der Waals surface area contributed by atoms with Crippen molar-refractivity contribution in [1.82, 2.24) is 5.32 Å². The number of hydrogen-bond acceptors (Lipinski definition) is 2. The van der Waals surface area contributed by atoms with E-state index in [-0.39, 0.29) is 23.5 Å². The van der Waals surface area contributed by atoms with Crippen LogP contribution >= 0.6 is 12.4 Å². The Morgan fingerprint density at radius 2 is 1.80 bits per heavy atom. The van der Waals surface area contributed by atoms with Crippen molar-refractivity contribution in [2.45, 2.75) is 31.0 Å². The SMILES string of the molecule is Cl.NC1(CNC(=O)c2ccc(C(F)(F)F)cc2)CCC1. The summed E-state index contributed by atoms with van der Waals surface area (Å²) in [4.78, 5) is 11.7. The number of amides is 1. The minimum Gasteiger partial charge on any atom is -0.350 e. The first-order chi connectivity index (χ1) is 8.80. The monoisotopic (exact) mass is 308 g/mol. The van der Waals surface area contributed by atoms with Gasteiger partial charge in [0, 0.05) is 17.6 Å². The van der Waals surface area contributed by atoms with E-state index in [1.807, 2.05) is 0 Å². The van der Waals surface area contributed by atoms with E-state index in [0.717, 1.165) is 31.4 Å². The summed E-state index contributed by atoms with van der Waals surface area (Å²) in [5.41, 5.74) is 5.04. The Labute approximate surface area is 121 Å². The molecule has 0 bridgehead atoms. The second-order valence-corrected chi connectivity index (χ2v) is 4.97. The van der Waals surface area contributed by atoms with E-state index in [4.69, 9.17) is 5.73 Å². The third-order valence-corrected chi connectivity index (χ3v) is 3.42. The summed E-state index contributed by atoms with van der Waals surface area (Å²) in [7, 11) is 0. The second-order valence-electron chi connectivity index (χ2n) is 4.97. The fourth-order valence-corrected chi connectivity index (χ4v) is 1.98. The molecule has 0 unspecified atom stereocenters. The largest absolute Gasteiger partial charge is 0.416 e. The molecule has 3 nitrogen and oxygen atoms in total. The fourth-order valence-electron chi connectivity index (χ4n) is 1.98. The van der Waals surface area contributed by atoms with E-state index in [0.29, 0.717) is 6.54 Å². The van der Waals surface area contributed by atoms with Crippen molar-refractivity contribution < 1.29 is 18.0 Å². The van der Waals surface area contributed by atoms with Gasteiger partial charge in [0.05, 0.1) is 5.56 Å². The van der Waals surface area contributed by atoms with Crippen LogP contribution in [-0.4, -0.2) is 18.0 Å². The molecule has 0 heterocycles. The van der Waals surface area contributed by atoms with Crippen LogP contribution in [0.5, 0.6) is 0 Å². The molecule has 1 aromatic carbocycles. The van der Waals surface area contributed by atoms with Crippen molar-refractivity contribution in [3.05, 3.63) is 35.4 Å². The number of nitrogens with one attached hydrogen (secondary N) is 1. The summed E-state index contributed by atoms with van der Waals surface area (Å²) in [5, 5.41) is 2.65. The number of nitrogens with two attached hydrogens (primary N) is 1. The minimum absolute atomic E-state index is 0. The predicted octanol–water partition coefficient (Wildman–Crippen LogP) is 2.74. The van der Waals surface area contributed by atoms with Crippen LogP contribution in [0.4, 0.5) is 13.2 Å². The molecule has 20 heavy (non-hydrogen) atoms. The highest BCUT2D eigenvalue weighted by Crippen LogP contribution is 2.29. The van der Waals surface area contributed by atoms with Crippen LogP contribution in [-0.2, 0) is 6.18 Å². The van der Waals surface area contributed by atoms with Crippen molar-refractivity contribution >= 4 is 18.3 Å². The van der Waals surface area contributed by atoms with Crippen molar-refractivity contribution in [1.29, 1.82) is 0 Å². The Kier molecular flexibility index (Phi) is 5.05. The lowest BCUT2D eigenvalue weighted by Gasteiger charge is -2.38. The fraction of sp³-hybridized carbons (Fsp3) is 0.462. The van der Waals surface area contributed by atoms with E-state index in [1.54, 1.807) is 0 Å². The number of hydrogen-bond donors (Lipinski definition) is 2. The first-order valence-electron chi connectivity index (χ1n) is 6.05. The molecule has 7 heteroatoms. The molecule has 0 spiro atoms. The van der Waals surface area contributed by atoms with Gasteiger partial charge in [0.25, 0.3) is 5.91 Å². The van der Waals surface area contributed by atoms with E-state index in [1.165, 1.54) is 12.1 Å². The first kappa shape index (κ1) is 16.8. The topological polar surface area (TPSA) is 55.1 Å². The Morgan fingerprint density at radius 3 is 2.20 bits per heavy atom. The van der Waals surface area contributed by atoms with Gasteiger partial charge in [-0.1, -0.05) is 0 Å². The maximum absolute atomic E-state index is 12.4. The summed E-state index contributed by atoms with van der Waals surface area (Å²) >= 11 is 0. The van der Waals surface area contributed by atoms with Crippen LogP contribution in [0, 0.1) is 0 Å². The molecular weight excluding hydrogens is 293 g/mol. The average Bonchev–Trinajstić information content (AvgIpc) is 2.33. The Balaban J connectivity index is 0.00000200. The Bertz CT molecular complexity index is 469. The third-order valence-electron chi connectivity index (χ3n) is 3.42. The third kappa shape index (κ3) is 3.86. The van der Waals surface area contributed by atoms with Gasteiger partial charge in [0.15, 0.2) is 0 Å². The van der Waals surface area contributed by atoms with Gasteiger partial charge in [0.2, 0.25) is 0 Å². The standard InChI is InChI=1S/C13H15F3N2O.ClH/c14-13(15,16)10-4-2-9(3-5-10)11(19)18-8-12(17)6-1-7-12;/h2-5H,1,6-8,17H2,(H,18,19);1H. The summed E-state index contributed by atoms with van der Waals surface area (Å²) < 4.78 is 37.1.